The molecule has 1 heterocycles. The zero-order valence-corrected chi connectivity index (χ0v) is 9.80. The topological polar surface area (TPSA) is 46.3 Å². The third-order valence-corrected chi connectivity index (χ3v) is 3.45. The van der Waals surface area contributed by atoms with E-state index in [1.807, 2.05) is 18.7 Å². The van der Waals surface area contributed by atoms with Crippen LogP contribution in [0.3, 0.4) is 0 Å². The maximum absolute atomic E-state index is 11.7. The molecule has 0 aromatic heterocycles. The molecular weight excluding hydrogens is 196 g/mol. The van der Waals surface area contributed by atoms with Crippen LogP contribution in [0.5, 0.6) is 0 Å². The van der Waals surface area contributed by atoms with Crippen molar-refractivity contribution in [2.45, 2.75) is 20.8 Å². The molecule has 4 heteroatoms. The van der Waals surface area contributed by atoms with Crippen LogP contribution in [0.25, 0.3) is 0 Å². The molecule has 14 heavy (non-hydrogen) atoms. The summed E-state index contributed by atoms with van der Waals surface area (Å²) in [5.74, 6) is 0.946. The average molecular weight is 214 g/mol. The van der Waals surface area contributed by atoms with Crippen molar-refractivity contribution in [2.24, 2.45) is 23.5 Å². The third kappa shape index (κ3) is 2.23. The fourth-order valence-corrected chi connectivity index (χ4v) is 1.79. The van der Waals surface area contributed by atoms with E-state index in [2.05, 4.69) is 6.92 Å². The number of carbonyl (C=O) groups excluding carboxylic acids is 1. The average Bonchev–Trinajstić information content (AvgIpc) is 2.33. The van der Waals surface area contributed by atoms with Crippen LogP contribution in [-0.4, -0.2) is 28.9 Å². The van der Waals surface area contributed by atoms with Crippen molar-refractivity contribution >= 4 is 23.1 Å². The predicted octanol–water partition coefficient (Wildman–Crippen LogP) is 1.02. The first-order valence-corrected chi connectivity index (χ1v) is 5.42. The van der Waals surface area contributed by atoms with Gasteiger partial charge in [0.25, 0.3) is 0 Å². The fraction of sp³-hybridized carbons (Fsp3) is 0.800. The molecule has 0 aromatic rings. The van der Waals surface area contributed by atoms with Crippen LogP contribution in [0.2, 0.25) is 0 Å². The van der Waals surface area contributed by atoms with Crippen molar-refractivity contribution in [3.05, 3.63) is 0 Å². The quantitative estimate of drug-likeness (QED) is 0.714. The molecule has 2 N–H and O–H groups in total. The highest BCUT2D eigenvalue weighted by molar-refractivity contribution is 7.80. The molecule has 0 saturated carbocycles. The second-order valence-electron chi connectivity index (χ2n) is 4.31. The fourth-order valence-electron chi connectivity index (χ4n) is 1.71. The molecule has 0 spiro atoms. The third-order valence-electron chi connectivity index (χ3n) is 3.04. The Kier molecular flexibility index (Phi) is 3.48. The van der Waals surface area contributed by atoms with Crippen LogP contribution in [-0.2, 0) is 4.79 Å². The lowest BCUT2D eigenvalue weighted by atomic mass is 10.0. The van der Waals surface area contributed by atoms with Gasteiger partial charge in [-0.3, -0.25) is 4.79 Å². The summed E-state index contributed by atoms with van der Waals surface area (Å²) < 4.78 is 0. The Morgan fingerprint density at radius 3 is 2.64 bits per heavy atom. The summed E-state index contributed by atoms with van der Waals surface area (Å²) >= 11 is 4.89. The van der Waals surface area contributed by atoms with Gasteiger partial charge in [0.15, 0.2) is 0 Å². The van der Waals surface area contributed by atoms with Gasteiger partial charge in [0.1, 0.15) is 0 Å². The van der Waals surface area contributed by atoms with E-state index in [1.54, 1.807) is 0 Å². The number of amides is 1. The Hall–Kier alpha value is -0.640. The van der Waals surface area contributed by atoms with Crippen molar-refractivity contribution in [1.82, 2.24) is 4.90 Å². The van der Waals surface area contributed by atoms with Gasteiger partial charge in [0.2, 0.25) is 5.91 Å². The molecule has 3 atom stereocenters. The van der Waals surface area contributed by atoms with Gasteiger partial charge in [-0.15, -0.1) is 0 Å². The highest BCUT2D eigenvalue weighted by Gasteiger charge is 2.34. The summed E-state index contributed by atoms with van der Waals surface area (Å²) in [7, 11) is 0. The van der Waals surface area contributed by atoms with Crippen molar-refractivity contribution in [1.29, 1.82) is 0 Å². The summed E-state index contributed by atoms with van der Waals surface area (Å²) in [4.78, 5) is 14.1. The van der Waals surface area contributed by atoms with Crippen LogP contribution in [0.15, 0.2) is 0 Å². The number of thiocarbonyl (C=S) groups is 1. The van der Waals surface area contributed by atoms with Gasteiger partial charge in [-0.25, -0.2) is 0 Å². The van der Waals surface area contributed by atoms with Gasteiger partial charge in [0, 0.05) is 24.9 Å². The first-order chi connectivity index (χ1) is 6.43. The van der Waals surface area contributed by atoms with E-state index in [9.17, 15) is 4.79 Å². The van der Waals surface area contributed by atoms with E-state index in [-0.39, 0.29) is 17.7 Å². The molecule has 3 nitrogen and oxygen atoms in total. The van der Waals surface area contributed by atoms with Gasteiger partial charge in [-0.2, -0.15) is 0 Å². The molecule has 1 fully saturated rings. The van der Waals surface area contributed by atoms with Gasteiger partial charge < -0.3 is 10.6 Å². The number of likely N-dealkylation sites (tertiary alicyclic amines) is 1. The zero-order chi connectivity index (χ0) is 10.9. The Morgan fingerprint density at radius 2 is 2.29 bits per heavy atom. The van der Waals surface area contributed by atoms with E-state index < -0.39 is 0 Å². The van der Waals surface area contributed by atoms with E-state index in [0.717, 1.165) is 6.54 Å². The first-order valence-electron chi connectivity index (χ1n) is 5.01. The molecule has 1 aliphatic heterocycles. The second-order valence-corrected chi connectivity index (χ2v) is 4.78. The summed E-state index contributed by atoms with van der Waals surface area (Å²) in [6, 6.07) is 0. The van der Waals surface area contributed by atoms with Crippen molar-refractivity contribution < 1.29 is 4.79 Å². The predicted molar refractivity (Wildman–Crippen MR) is 60.9 cm³/mol. The summed E-state index contributed by atoms with van der Waals surface area (Å²) in [5.41, 5.74) is 5.52. The maximum Gasteiger partial charge on any atom is 0.225 e. The van der Waals surface area contributed by atoms with Crippen molar-refractivity contribution in [2.75, 3.05) is 13.1 Å². The maximum atomic E-state index is 11.7. The van der Waals surface area contributed by atoms with Crippen molar-refractivity contribution in [3.8, 4) is 0 Å². The number of nitrogens with zero attached hydrogens (tertiary/aromatic N) is 1. The molecule has 1 rings (SSSR count). The Morgan fingerprint density at radius 1 is 1.71 bits per heavy atom. The second kappa shape index (κ2) is 4.26. The van der Waals surface area contributed by atoms with Crippen LogP contribution in [0.4, 0.5) is 0 Å². The minimum Gasteiger partial charge on any atom is -0.393 e. The molecule has 80 valence electrons. The summed E-state index contributed by atoms with van der Waals surface area (Å²) in [6.45, 7) is 7.56. The molecule has 1 amide bonds. The highest BCUT2D eigenvalue weighted by Crippen LogP contribution is 2.24. The smallest absolute Gasteiger partial charge is 0.225 e. The van der Waals surface area contributed by atoms with Crippen LogP contribution in [0, 0.1) is 17.8 Å². The normalized spacial score (nSPS) is 29.4. The standard InChI is InChI=1S/C10H18N2OS/c1-6-4-12(10(13)8(6)3)5-7(2)9(11)14/h6-8H,4-5H2,1-3H3,(H2,11,14). The molecule has 3 unspecified atom stereocenters. The zero-order valence-electron chi connectivity index (χ0n) is 8.99. The number of hydrogen-bond acceptors (Lipinski definition) is 2. The van der Waals surface area contributed by atoms with Gasteiger partial charge in [-0.05, 0) is 5.92 Å². The van der Waals surface area contributed by atoms with Gasteiger partial charge >= 0.3 is 0 Å². The van der Waals surface area contributed by atoms with Crippen molar-refractivity contribution in [3.63, 3.8) is 0 Å². The molecule has 0 aromatic carbocycles. The molecular formula is C10H18N2OS. The monoisotopic (exact) mass is 214 g/mol. The molecule has 1 saturated heterocycles. The van der Waals surface area contributed by atoms with E-state index in [1.165, 1.54) is 0 Å². The van der Waals surface area contributed by atoms with E-state index in [0.29, 0.717) is 17.5 Å². The van der Waals surface area contributed by atoms with Gasteiger partial charge in [-0.1, -0.05) is 33.0 Å². The lowest BCUT2D eigenvalue weighted by Gasteiger charge is -2.20. The van der Waals surface area contributed by atoms with Crippen LogP contribution < -0.4 is 5.73 Å². The summed E-state index contributed by atoms with van der Waals surface area (Å²) in [6.07, 6.45) is 0. The Labute approximate surface area is 90.6 Å². The molecule has 0 radical (unpaired) electrons. The number of hydrogen-bond donors (Lipinski definition) is 1. The Bertz CT molecular complexity index is 255. The lowest BCUT2D eigenvalue weighted by molar-refractivity contribution is -0.130. The number of rotatable bonds is 3. The SMILES string of the molecule is CC(CN1CC(C)C(C)C1=O)C(N)=S. The van der Waals surface area contributed by atoms with E-state index >= 15 is 0 Å². The molecule has 0 aliphatic carbocycles. The number of carbonyl (C=O) groups is 1. The highest BCUT2D eigenvalue weighted by atomic mass is 32.1. The summed E-state index contributed by atoms with van der Waals surface area (Å²) in [5, 5.41) is 0. The van der Waals surface area contributed by atoms with E-state index in [4.69, 9.17) is 18.0 Å². The minimum absolute atomic E-state index is 0.117. The largest absolute Gasteiger partial charge is 0.393 e. The Balaban J connectivity index is 2.55. The first kappa shape index (κ1) is 11.4. The van der Waals surface area contributed by atoms with Crippen LogP contribution in [0.1, 0.15) is 20.8 Å². The number of nitrogens with two attached hydrogens (primary N) is 1. The molecule has 0 bridgehead atoms. The van der Waals surface area contributed by atoms with Crippen LogP contribution >= 0.6 is 12.2 Å². The lowest BCUT2D eigenvalue weighted by Crippen LogP contribution is -2.35. The molecule has 1 aliphatic rings. The van der Waals surface area contributed by atoms with Gasteiger partial charge in [0.05, 0.1) is 4.99 Å². The minimum atomic E-state index is 0.117.